The zero-order valence-corrected chi connectivity index (χ0v) is 13.4. The summed E-state index contributed by atoms with van der Waals surface area (Å²) in [6.07, 6.45) is 0.879. The molecule has 0 saturated heterocycles. The van der Waals surface area contributed by atoms with Gasteiger partial charge in [-0.2, -0.15) is 0 Å². The number of halogens is 2. The van der Waals surface area contributed by atoms with Gasteiger partial charge in [-0.3, -0.25) is 4.79 Å². The molecule has 1 heterocycles. The van der Waals surface area contributed by atoms with Crippen molar-refractivity contribution in [3.8, 4) is 5.75 Å². The van der Waals surface area contributed by atoms with Crippen LogP contribution in [0.15, 0.2) is 42.5 Å². The van der Waals surface area contributed by atoms with Crippen LogP contribution in [0.4, 0.5) is 0 Å². The summed E-state index contributed by atoms with van der Waals surface area (Å²) in [5.41, 5.74) is 2.51. The van der Waals surface area contributed by atoms with E-state index in [4.69, 9.17) is 27.9 Å². The second-order valence-electron chi connectivity index (χ2n) is 5.20. The molecule has 0 aromatic heterocycles. The Morgan fingerprint density at radius 1 is 1.14 bits per heavy atom. The van der Waals surface area contributed by atoms with Gasteiger partial charge in [0.25, 0.3) is 5.91 Å². The van der Waals surface area contributed by atoms with E-state index in [1.807, 2.05) is 17.0 Å². The van der Waals surface area contributed by atoms with Gasteiger partial charge >= 0.3 is 0 Å². The molecule has 3 rings (SSSR count). The minimum atomic E-state index is -0.0412. The van der Waals surface area contributed by atoms with E-state index in [0.717, 1.165) is 6.42 Å². The molecule has 2 aromatic carbocycles. The van der Waals surface area contributed by atoms with Gasteiger partial charge in [0.05, 0.1) is 5.02 Å². The molecular formula is C17H15Cl2NO2. The molecule has 3 nitrogen and oxygen atoms in total. The van der Waals surface area contributed by atoms with Crippen LogP contribution in [-0.2, 0) is 17.8 Å². The first kappa shape index (κ1) is 15.2. The summed E-state index contributed by atoms with van der Waals surface area (Å²) in [6.45, 7) is 1.32. The van der Waals surface area contributed by atoms with E-state index < -0.39 is 0 Å². The molecule has 0 bridgehead atoms. The molecule has 1 aliphatic rings. The zero-order chi connectivity index (χ0) is 15.5. The van der Waals surface area contributed by atoms with Crippen molar-refractivity contribution in [2.45, 2.75) is 13.0 Å². The Morgan fingerprint density at radius 3 is 2.68 bits per heavy atom. The predicted octanol–water partition coefficient (Wildman–Crippen LogP) is 3.96. The standard InChI is InChI=1S/C17H15Cl2NO2/c18-14-5-6-16(15(19)9-14)22-11-17(21)20-8-7-12-3-1-2-4-13(12)10-20/h1-6,9H,7-8,10-11H2. The number of carbonyl (C=O) groups excluding carboxylic acids is 1. The summed E-state index contributed by atoms with van der Waals surface area (Å²) < 4.78 is 5.51. The third-order valence-corrected chi connectivity index (χ3v) is 4.26. The van der Waals surface area contributed by atoms with Crippen LogP contribution >= 0.6 is 23.2 Å². The molecule has 114 valence electrons. The van der Waals surface area contributed by atoms with E-state index in [1.165, 1.54) is 11.1 Å². The molecule has 22 heavy (non-hydrogen) atoms. The average molecular weight is 336 g/mol. The van der Waals surface area contributed by atoms with E-state index in [2.05, 4.69) is 12.1 Å². The van der Waals surface area contributed by atoms with Crippen LogP contribution in [0.2, 0.25) is 10.0 Å². The molecule has 0 unspecified atom stereocenters. The van der Waals surface area contributed by atoms with Crippen molar-refractivity contribution in [1.29, 1.82) is 0 Å². The fourth-order valence-electron chi connectivity index (χ4n) is 2.53. The zero-order valence-electron chi connectivity index (χ0n) is 11.9. The van der Waals surface area contributed by atoms with E-state index >= 15 is 0 Å². The Balaban J connectivity index is 1.61. The number of ether oxygens (including phenoxy) is 1. The number of benzene rings is 2. The highest BCUT2D eigenvalue weighted by Gasteiger charge is 2.20. The lowest BCUT2D eigenvalue weighted by Crippen LogP contribution is -2.38. The lowest BCUT2D eigenvalue weighted by Gasteiger charge is -2.28. The summed E-state index contributed by atoms with van der Waals surface area (Å²) >= 11 is 11.9. The quantitative estimate of drug-likeness (QED) is 0.849. The van der Waals surface area contributed by atoms with E-state index in [0.29, 0.717) is 28.9 Å². The average Bonchev–Trinajstić information content (AvgIpc) is 2.53. The molecule has 1 amide bonds. The van der Waals surface area contributed by atoms with Crippen molar-refractivity contribution in [3.63, 3.8) is 0 Å². The van der Waals surface area contributed by atoms with Gasteiger partial charge in [0.1, 0.15) is 5.75 Å². The minimum absolute atomic E-state index is 0.0243. The maximum atomic E-state index is 12.3. The second kappa shape index (κ2) is 6.59. The second-order valence-corrected chi connectivity index (χ2v) is 6.04. The van der Waals surface area contributed by atoms with Crippen molar-refractivity contribution < 1.29 is 9.53 Å². The molecular weight excluding hydrogens is 321 g/mol. The van der Waals surface area contributed by atoms with Crippen LogP contribution in [0.1, 0.15) is 11.1 Å². The highest BCUT2D eigenvalue weighted by atomic mass is 35.5. The summed E-state index contributed by atoms with van der Waals surface area (Å²) in [7, 11) is 0. The van der Waals surface area contributed by atoms with Gasteiger partial charge in [-0.15, -0.1) is 0 Å². The van der Waals surface area contributed by atoms with Crippen molar-refractivity contribution in [2.75, 3.05) is 13.2 Å². The highest BCUT2D eigenvalue weighted by molar-refractivity contribution is 6.35. The van der Waals surface area contributed by atoms with E-state index in [9.17, 15) is 4.79 Å². The maximum Gasteiger partial charge on any atom is 0.260 e. The lowest BCUT2D eigenvalue weighted by molar-refractivity contribution is -0.134. The molecule has 0 spiro atoms. The SMILES string of the molecule is O=C(COc1ccc(Cl)cc1Cl)N1CCc2ccccc2C1. The Hall–Kier alpha value is -1.71. The maximum absolute atomic E-state index is 12.3. The number of hydrogen-bond donors (Lipinski definition) is 0. The molecule has 0 N–H and O–H groups in total. The molecule has 0 saturated carbocycles. The fourth-order valence-corrected chi connectivity index (χ4v) is 2.99. The van der Waals surface area contributed by atoms with Gasteiger partial charge in [0.15, 0.2) is 6.61 Å². The predicted molar refractivity (Wildman–Crippen MR) is 87.5 cm³/mol. The lowest BCUT2D eigenvalue weighted by atomic mass is 10.00. The van der Waals surface area contributed by atoms with Crippen molar-refractivity contribution >= 4 is 29.1 Å². The molecule has 0 aliphatic carbocycles. The third kappa shape index (κ3) is 3.37. The number of nitrogens with zero attached hydrogens (tertiary/aromatic N) is 1. The van der Waals surface area contributed by atoms with Gasteiger partial charge < -0.3 is 9.64 Å². The monoisotopic (exact) mass is 335 g/mol. The molecule has 0 atom stereocenters. The Kier molecular flexibility index (Phi) is 4.55. The van der Waals surface area contributed by atoms with Gasteiger partial charge in [-0.1, -0.05) is 47.5 Å². The number of fused-ring (bicyclic) bond motifs is 1. The Morgan fingerprint density at radius 2 is 1.91 bits per heavy atom. The number of rotatable bonds is 3. The minimum Gasteiger partial charge on any atom is -0.482 e. The third-order valence-electron chi connectivity index (χ3n) is 3.73. The molecule has 5 heteroatoms. The number of carbonyl (C=O) groups is 1. The topological polar surface area (TPSA) is 29.5 Å². The summed E-state index contributed by atoms with van der Waals surface area (Å²) in [4.78, 5) is 14.1. The largest absolute Gasteiger partial charge is 0.482 e. The van der Waals surface area contributed by atoms with E-state index in [1.54, 1.807) is 18.2 Å². The van der Waals surface area contributed by atoms with Gasteiger partial charge in [0.2, 0.25) is 0 Å². The Labute approximate surface area is 139 Å². The molecule has 0 radical (unpaired) electrons. The highest BCUT2D eigenvalue weighted by Crippen LogP contribution is 2.27. The van der Waals surface area contributed by atoms with Crippen LogP contribution in [0.5, 0.6) is 5.75 Å². The fraction of sp³-hybridized carbons (Fsp3) is 0.235. The van der Waals surface area contributed by atoms with Gasteiger partial charge in [-0.25, -0.2) is 0 Å². The van der Waals surface area contributed by atoms with Crippen LogP contribution in [0.25, 0.3) is 0 Å². The summed E-state index contributed by atoms with van der Waals surface area (Å²) in [5, 5.41) is 0.945. The number of hydrogen-bond acceptors (Lipinski definition) is 2. The van der Waals surface area contributed by atoms with Crippen LogP contribution in [0, 0.1) is 0 Å². The first-order valence-electron chi connectivity index (χ1n) is 7.06. The normalized spacial score (nSPS) is 13.6. The van der Waals surface area contributed by atoms with Crippen LogP contribution in [0.3, 0.4) is 0 Å². The van der Waals surface area contributed by atoms with Crippen molar-refractivity contribution in [1.82, 2.24) is 4.90 Å². The van der Waals surface area contributed by atoms with E-state index in [-0.39, 0.29) is 12.5 Å². The smallest absolute Gasteiger partial charge is 0.260 e. The van der Waals surface area contributed by atoms with Crippen LogP contribution < -0.4 is 4.74 Å². The Bertz CT molecular complexity index is 703. The number of amides is 1. The summed E-state index contributed by atoms with van der Waals surface area (Å²) in [5.74, 6) is 0.428. The molecule has 0 fully saturated rings. The van der Waals surface area contributed by atoms with Gasteiger partial charge in [-0.05, 0) is 35.7 Å². The molecule has 1 aliphatic heterocycles. The van der Waals surface area contributed by atoms with Crippen molar-refractivity contribution in [3.05, 3.63) is 63.6 Å². The first-order chi connectivity index (χ1) is 10.6. The first-order valence-corrected chi connectivity index (χ1v) is 7.81. The van der Waals surface area contributed by atoms with Crippen molar-refractivity contribution in [2.24, 2.45) is 0 Å². The van der Waals surface area contributed by atoms with Crippen LogP contribution in [-0.4, -0.2) is 24.0 Å². The van der Waals surface area contributed by atoms with Gasteiger partial charge in [0, 0.05) is 18.1 Å². The summed E-state index contributed by atoms with van der Waals surface area (Å²) in [6, 6.07) is 13.2. The molecule has 2 aromatic rings.